The lowest BCUT2D eigenvalue weighted by Crippen LogP contribution is -2.60. The van der Waals surface area contributed by atoms with E-state index >= 15 is 0 Å². The third kappa shape index (κ3) is 2.66. The van der Waals surface area contributed by atoms with Gasteiger partial charge < -0.3 is 29.0 Å². The lowest BCUT2D eigenvalue weighted by molar-refractivity contribution is -0.372. The van der Waals surface area contributed by atoms with Crippen molar-refractivity contribution in [1.82, 2.24) is 9.47 Å². The molecule has 7 nitrogen and oxygen atoms in total. The highest BCUT2D eigenvalue weighted by Crippen LogP contribution is 2.60. The summed E-state index contributed by atoms with van der Waals surface area (Å²) in [5.74, 6) is -0.839. The molecule has 0 unspecified atom stereocenters. The molecule has 1 spiro atoms. The number of aryl methyl sites for hydroxylation is 1. The second kappa shape index (κ2) is 6.80. The Morgan fingerprint density at radius 1 is 1.03 bits per heavy atom. The second-order valence-corrected chi connectivity index (χ2v) is 11.2. The molecule has 7 rings (SSSR count). The molecule has 9 atom stereocenters. The summed E-state index contributed by atoms with van der Waals surface area (Å²) < 4.78 is 21.3. The standard InChI is InChI=1S/C26H34N2O5/c1-25-19(11-26(33-25)23(30)8-14(29)12-32-26)16-9-22-24-17(10-21(27(22)2)18(16)13-31-25)15-6-4-5-7-20(15)28(24)3/h4-7,14,16,18-19,21-23,29-30H,8-13H2,1-3H3/t14-,16-,18-,19+,21+,22+,23+,25+,26+/m1/s1. The van der Waals surface area contributed by atoms with Gasteiger partial charge in [-0.3, -0.25) is 4.90 Å². The van der Waals surface area contributed by atoms with Crippen molar-refractivity contribution in [2.75, 3.05) is 20.3 Å². The number of aromatic nitrogens is 1. The lowest BCUT2D eigenvalue weighted by Gasteiger charge is -2.57. The highest BCUT2D eigenvalue weighted by Gasteiger charge is 2.66. The highest BCUT2D eigenvalue weighted by atomic mass is 16.8. The van der Waals surface area contributed by atoms with Crippen LogP contribution < -0.4 is 0 Å². The molecule has 178 valence electrons. The normalized spacial score (nSPS) is 46.9. The van der Waals surface area contributed by atoms with Crippen molar-refractivity contribution in [1.29, 1.82) is 0 Å². The van der Waals surface area contributed by atoms with E-state index in [4.69, 9.17) is 14.2 Å². The zero-order valence-electron chi connectivity index (χ0n) is 19.6. The molecule has 4 fully saturated rings. The Morgan fingerprint density at radius 2 is 1.85 bits per heavy atom. The van der Waals surface area contributed by atoms with Crippen molar-refractivity contribution in [2.45, 2.75) is 68.5 Å². The van der Waals surface area contributed by atoms with Crippen LogP contribution in [0.1, 0.15) is 43.5 Å². The summed E-state index contributed by atoms with van der Waals surface area (Å²) >= 11 is 0. The zero-order valence-corrected chi connectivity index (χ0v) is 19.6. The Balaban J connectivity index is 1.28. The number of hydrogen-bond donors (Lipinski definition) is 2. The van der Waals surface area contributed by atoms with E-state index in [1.165, 1.54) is 22.2 Å². The summed E-state index contributed by atoms with van der Waals surface area (Å²) in [5, 5.41) is 22.2. The van der Waals surface area contributed by atoms with Crippen molar-refractivity contribution >= 4 is 10.9 Å². The molecule has 5 aliphatic heterocycles. The van der Waals surface area contributed by atoms with Crippen LogP contribution in [0.15, 0.2) is 24.3 Å². The molecule has 5 aliphatic rings. The number of hydrogen-bond acceptors (Lipinski definition) is 6. The number of fused-ring (bicyclic) bond motifs is 10. The van der Waals surface area contributed by atoms with Gasteiger partial charge >= 0.3 is 0 Å². The average molecular weight is 455 g/mol. The van der Waals surface area contributed by atoms with Crippen LogP contribution in [0.2, 0.25) is 0 Å². The number of benzene rings is 1. The molecule has 6 heterocycles. The minimum Gasteiger partial charge on any atom is -0.391 e. The van der Waals surface area contributed by atoms with Gasteiger partial charge in [-0.15, -0.1) is 0 Å². The molecule has 1 aromatic carbocycles. The van der Waals surface area contributed by atoms with Crippen LogP contribution >= 0.6 is 0 Å². The maximum atomic E-state index is 10.9. The van der Waals surface area contributed by atoms with Crippen molar-refractivity contribution in [3.05, 3.63) is 35.5 Å². The quantitative estimate of drug-likeness (QED) is 0.637. The summed E-state index contributed by atoms with van der Waals surface area (Å²) in [6.07, 6.45) is 1.49. The van der Waals surface area contributed by atoms with Crippen LogP contribution in [0.3, 0.4) is 0 Å². The summed E-state index contributed by atoms with van der Waals surface area (Å²) in [6.45, 7) is 2.88. The predicted molar refractivity (Wildman–Crippen MR) is 121 cm³/mol. The molecule has 2 aromatic rings. The maximum Gasteiger partial charge on any atom is 0.198 e. The number of piperidine rings is 1. The molecule has 2 N–H and O–H groups in total. The van der Waals surface area contributed by atoms with E-state index in [0.717, 1.165) is 12.8 Å². The molecule has 0 radical (unpaired) electrons. The fourth-order valence-electron chi connectivity index (χ4n) is 8.08. The van der Waals surface area contributed by atoms with E-state index in [2.05, 4.69) is 47.8 Å². The number of nitrogens with zero attached hydrogens (tertiary/aromatic N) is 2. The van der Waals surface area contributed by atoms with Gasteiger partial charge in [-0.05, 0) is 44.4 Å². The number of aliphatic hydroxyl groups is 2. The van der Waals surface area contributed by atoms with E-state index in [-0.39, 0.29) is 18.9 Å². The van der Waals surface area contributed by atoms with Crippen molar-refractivity contribution in [3.8, 4) is 0 Å². The predicted octanol–water partition coefficient (Wildman–Crippen LogP) is 2.33. The average Bonchev–Trinajstić information content (AvgIpc) is 3.25. The van der Waals surface area contributed by atoms with Crippen molar-refractivity contribution in [3.63, 3.8) is 0 Å². The first-order valence-electron chi connectivity index (χ1n) is 12.4. The van der Waals surface area contributed by atoms with Gasteiger partial charge in [0.05, 0.1) is 25.4 Å². The minimum absolute atomic E-state index is 0.149. The monoisotopic (exact) mass is 454 g/mol. The van der Waals surface area contributed by atoms with Gasteiger partial charge in [-0.1, -0.05) is 18.2 Å². The summed E-state index contributed by atoms with van der Waals surface area (Å²) in [5.41, 5.74) is 4.27. The molecule has 33 heavy (non-hydrogen) atoms. The Kier molecular flexibility index (Phi) is 4.30. The van der Waals surface area contributed by atoms with Crippen LogP contribution in [0.4, 0.5) is 0 Å². The van der Waals surface area contributed by atoms with E-state index in [9.17, 15) is 10.2 Å². The van der Waals surface area contributed by atoms with Gasteiger partial charge in [-0.25, -0.2) is 0 Å². The summed E-state index contributed by atoms with van der Waals surface area (Å²) in [7, 11) is 4.49. The molecule has 0 aliphatic carbocycles. The van der Waals surface area contributed by atoms with Gasteiger partial charge in [0.1, 0.15) is 6.10 Å². The van der Waals surface area contributed by atoms with E-state index in [0.29, 0.717) is 36.9 Å². The first-order valence-corrected chi connectivity index (χ1v) is 12.4. The first kappa shape index (κ1) is 20.9. The topological polar surface area (TPSA) is 76.3 Å². The Morgan fingerprint density at radius 3 is 2.67 bits per heavy atom. The number of ether oxygens (including phenoxy) is 3. The van der Waals surface area contributed by atoms with E-state index < -0.39 is 23.8 Å². The second-order valence-electron chi connectivity index (χ2n) is 11.2. The van der Waals surface area contributed by atoms with Crippen LogP contribution in [0.25, 0.3) is 10.9 Å². The molecular formula is C26H34N2O5. The Hall–Kier alpha value is -1.48. The molecule has 7 heteroatoms. The molecule has 0 saturated carbocycles. The fourth-order valence-corrected chi connectivity index (χ4v) is 8.08. The SMILES string of the molecule is CN1[C@H]2C[C@@H]3[C@@H](CO[C@@]4(C)O[C@]5(C[C@@H]34)OC[C@H](O)C[C@@H]5O)[C@@H]1Cc1c2n(C)c2ccccc12. The Bertz CT molecular complexity index is 1120. The number of aliphatic hydroxyl groups excluding tert-OH is 2. The van der Waals surface area contributed by atoms with Crippen LogP contribution in [0.5, 0.6) is 0 Å². The molecule has 1 aromatic heterocycles. The van der Waals surface area contributed by atoms with Gasteiger partial charge in [0, 0.05) is 54.4 Å². The molecule has 2 bridgehead atoms. The van der Waals surface area contributed by atoms with Crippen molar-refractivity contribution < 1.29 is 24.4 Å². The lowest BCUT2D eigenvalue weighted by atomic mass is 9.63. The minimum atomic E-state index is -1.07. The highest BCUT2D eigenvalue weighted by molar-refractivity contribution is 5.86. The van der Waals surface area contributed by atoms with Gasteiger partial charge in [0.2, 0.25) is 0 Å². The van der Waals surface area contributed by atoms with Crippen LogP contribution in [-0.4, -0.2) is 69.8 Å². The summed E-state index contributed by atoms with van der Waals surface area (Å²) in [6, 6.07) is 9.56. The Labute approximate surface area is 194 Å². The number of rotatable bonds is 0. The number of likely N-dealkylation sites (N-methyl/N-ethyl adjacent to an activating group) is 1. The van der Waals surface area contributed by atoms with E-state index in [1.807, 2.05) is 6.92 Å². The van der Waals surface area contributed by atoms with Gasteiger partial charge in [-0.2, -0.15) is 0 Å². The van der Waals surface area contributed by atoms with E-state index in [1.54, 1.807) is 0 Å². The smallest absolute Gasteiger partial charge is 0.198 e. The van der Waals surface area contributed by atoms with Crippen LogP contribution in [-0.2, 0) is 27.7 Å². The molecule has 4 saturated heterocycles. The molecule has 0 amide bonds. The zero-order chi connectivity index (χ0) is 22.7. The maximum absolute atomic E-state index is 10.9. The first-order chi connectivity index (χ1) is 15.8. The number of para-hydroxylation sites is 1. The molecular weight excluding hydrogens is 420 g/mol. The third-order valence-corrected chi connectivity index (χ3v) is 9.70. The van der Waals surface area contributed by atoms with Crippen LogP contribution in [0, 0.1) is 17.8 Å². The van der Waals surface area contributed by atoms with Crippen molar-refractivity contribution in [2.24, 2.45) is 24.8 Å². The fraction of sp³-hybridized carbons (Fsp3) is 0.692. The largest absolute Gasteiger partial charge is 0.391 e. The summed E-state index contributed by atoms with van der Waals surface area (Å²) in [4.78, 5) is 2.59. The third-order valence-electron chi connectivity index (χ3n) is 9.70. The van der Waals surface area contributed by atoms with Gasteiger partial charge in [0.15, 0.2) is 11.6 Å². The van der Waals surface area contributed by atoms with Gasteiger partial charge in [0.25, 0.3) is 0 Å².